The first-order valence-corrected chi connectivity index (χ1v) is 6.91. The smallest absolute Gasteiger partial charge is 0.336 e. The average Bonchev–Trinajstić information content (AvgIpc) is 2.48. The highest BCUT2D eigenvalue weighted by Gasteiger charge is 2.11. The van der Waals surface area contributed by atoms with Crippen LogP contribution in [-0.4, -0.2) is 16.1 Å². The van der Waals surface area contributed by atoms with Crippen LogP contribution in [0, 0.1) is 0 Å². The summed E-state index contributed by atoms with van der Waals surface area (Å²) >= 11 is 1.45. The maximum absolute atomic E-state index is 11.2. The molecule has 4 heteroatoms. The molecule has 1 N–H and O–H groups in total. The lowest BCUT2D eigenvalue weighted by molar-refractivity contribution is 0.0693. The number of carboxylic acids is 1. The number of nitrogens with zero attached hydrogens (tertiary/aromatic N) is 1. The third kappa shape index (κ3) is 2.38. The van der Waals surface area contributed by atoms with Gasteiger partial charge < -0.3 is 5.11 Å². The molecule has 3 rings (SSSR count). The van der Waals surface area contributed by atoms with E-state index in [2.05, 4.69) is 4.98 Å². The Morgan fingerprint density at radius 2 is 1.70 bits per heavy atom. The van der Waals surface area contributed by atoms with Crippen molar-refractivity contribution in [2.24, 2.45) is 0 Å². The van der Waals surface area contributed by atoms with E-state index in [-0.39, 0.29) is 0 Å². The third-order valence-corrected chi connectivity index (χ3v) is 4.10. The number of hydrogen-bond acceptors (Lipinski definition) is 3. The molecule has 0 aliphatic rings. The second kappa shape index (κ2) is 5.35. The normalized spacial score (nSPS) is 10.6. The van der Waals surface area contributed by atoms with Crippen LogP contribution >= 0.6 is 11.8 Å². The Morgan fingerprint density at radius 3 is 2.55 bits per heavy atom. The number of fused-ring (bicyclic) bond motifs is 1. The van der Waals surface area contributed by atoms with Crippen molar-refractivity contribution in [3.8, 4) is 0 Å². The Morgan fingerprint density at radius 1 is 0.950 bits per heavy atom. The average molecular weight is 281 g/mol. The van der Waals surface area contributed by atoms with Crippen molar-refractivity contribution in [2.45, 2.75) is 9.79 Å². The van der Waals surface area contributed by atoms with Crippen LogP contribution in [0.5, 0.6) is 0 Å². The standard InChI is InChI=1S/C16H11NO2S/c18-16(19)12-6-2-4-8-14(12)20-15-9-10-17-13-7-3-1-5-11(13)15/h1-10H,(H,18,19). The lowest BCUT2D eigenvalue weighted by atomic mass is 10.2. The number of aromatic nitrogens is 1. The lowest BCUT2D eigenvalue weighted by Gasteiger charge is -2.08. The molecule has 0 aliphatic carbocycles. The summed E-state index contributed by atoms with van der Waals surface area (Å²) in [5, 5.41) is 10.3. The van der Waals surface area contributed by atoms with E-state index in [0.29, 0.717) is 5.56 Å². The largest absolute Gasteiger partial charge is 0.478 e. The van der Waals surface area contributed by atoms with Crippen LogP contribution in [0.2, 0.25) is 0 Å². The van der Waals surface area contributed by atoms with Gasteiger partial charge in [0, 0.05) is 21.4 Å². The molecule has 98 valence electrons. The van der Waals surface area contributed by atoms with Gasteiger partial charge in [-0.1, -0.05) is 42.1 Å². The third-order valence-electron chi connectivity index (χ3n) is 2.95. The molecular weight excluding hydrogens is 270 g/mol. The van der Waals surface area contributed by atoms with Crippen molar-refractivity contribution >= 4 is 28.6 Å². The monoisotopic (exact) mass is 281 g/mol. The summed E-state index contributed by atoms with van der Waals surface area (Å²) in [5.74, 6) is -0.911. The summed E-state index contributed by atoms with van der Waals surface area (Å²) < 4.78 is 0. The number of rotatable bonds is 3. The minimum absolute atomic E-state index is 0.318. The molecule has 0 amide bonds. The van der Waals surface area contributed by atoms with Gasteiger partial charge in [-0.3, -0.25) is 4.98 Å². The van der Waals surface area contributed by atoms with Crippen LogP contribution in [0.4, 0.5) is 0 Å². The first-order chi connectivity index (χ1) is 9.75. The first-order valence-electron chi connectivity index (χ1n) is 6.09. The fourth-order valence-corrected chi connectivity index (χ4v) is 3.07. The summed E-state index contributed by atoms with van der Waals surface area (Å²) in [7, 11) is 0. The number of aromatic carboxylic acids is 1. The first kappa shape index (κ1) is 12.7. The number of benzene rings is 2. The van der Waals surface area contributed by atoms with Gasteiger partial charge in [-0.15, -0.1) is 0 Å². The van der Waals surface area contributed by atoms with E-state index < -0.39 is 5.97 Å². The van der Waals surface area contributed by atoms with Gasteiger partial charge >= 0.3 is 5.97 Å². The molecule has 1 heterocycles. The van der Waals surface area contributed by atoms with Gasteiger partial charge in [0.25, 0.3) is 0 Å². The van der Waals surface area contributed by atoms with Crippen molar-refractivity contribution in [1.29, 1.82) is 0 Å². The number of hydrogen-bond donors (Lipinski definition) is 1. The topological polar surface area (TPSA) is 50.2 Å². The molecule has 0 bridgehead atoms. The van der Waals surface area contributed by atoms with Gasteiger partial charge in [0.1, 0.15) is 0 Å². The van der Waals surface area contributed by atoms with Crippen LogP contribution in [0.1, 0.15) is 10.4 Å². The van der Waals surface area contributed by atoms with Crippen molar-refractivity contribution in [3.63, 3.8) is 0 Å². The highest BCUT2D eigenvalue weighted by atomic mass is 32.2. The Balaban J connectivity index is 2.08. The van der Waals surface area contributed by atoms with Gasteiger partial charge in [-0.2, -0.15) is 0 Å². The van der Waals surface area contributed by atoms with Crippen molar-refractivity contribution < 1.29 is 9.90 Å². The summed E-state index contributed by atoms with van der Waals surface area (Å²) in [4.78, 5) is 17.3. The molecule has 0 unspecified atom stereocenters. The van der Waals surface area contributed by atoms with Gasteiger partial charge in [-0.05, 0) is 24.3 Å². The Hall–Kier alpha value is -2.33. The van der Waals surface area contributed by atoms with E-state index in [4.69, 9.17) is 0 Å². The zero-order chi connectivity index (χ0) is 13.9. The van der Waals surface area contributed by atoms with Gasteiger partial charge in [0.15, 0.2) is 0 Å². The molecule has 0 spiro atoms. The Kier molecular flexibility index (Phi) is 3.39. The van der Waals surface area contributed by atoms with Gasteiger partial charge in [0.05, 0.1) is 11.1 Å². The molecular formula is C16H11NO2S. The number of carbonyl (C=O) groups is 1. The second-order valence-electron chi connectivity index (χ2n) is 4.23. The summed E-state index contributed by atoms with van der Waals surface area (Å²) in [6, 6.07) is 16.8. The number of carboxylic acid groups (broad SMARTS) is 1. The highest BCUT2D eigenvalue weighted by molar-refractivity contribution is 7.99. The van der Waals surface area contributed by atoms with Gasteiger partial charge in [0.2, 0.25) is 0 Å². The van der Waals surface area contributed by atoms with Crippen LogP contribution < -0.4 is 0 Å². The molecule has 0 aliphatic heterocycles. The van der Waals surface area contributed by atoms with Gasteiger partial charge in [-0.25, -0.2) is 4.79 Å². The van der Waals surface area contributed by atoms with E-state index in [1.54, 1.807) is 18.3 Å². The van der Waals surface area contributed by atoms with E-state index in [9.17, 15) is 9.90 Å². The summed E-state index contributed by atoms with van der Waals surface area (Å²) in [6.07, 6.45) is 1.74. The maximum Gasteiger partial charge on any atom is 0.336 e. The molecule has 0 atom stereocenters. The number of para-hydroxylation sites is 1. The van der Waals surface area contributed by atoms with Crippen molar-refractivity contribution in [2.75, 3.05) is 0 Å². The van der Waals surface area contributed by atoms with E-state index in [1.807, 2.05) is 42.5 Å². The van der Waals surface area contributed by atoms with Crippen LogP contribution in [-0.2, 0) is 0 Å². The fourth-order valence-electron chi connectivity index (χ4n) is 2.01. The highest BCUT2D eigenvalue weighted by Crippen LogP contribution is 2.34. The molecule has 0 radical (unpaired) electrons. The van der Waals surface area contributed by atoms with E-state index >= 15 is 0 Å². The molecule has 0 saturated carbocycles. The molecule has 0 saturated heterocycles. The van der Waals surface area contributed by atoms with Crippen LogP contribution in [0.3, 0.4) is 0 Å². The Bertz CT molecular complexity index is 781. The molecule has 2 aromatic carbocycles. The molecule has 3 aromatic rings. The van der Waals surface area contributed by atoms with E-state index in [1.165, 1.54) is 11.8 Å². The summed E-state index contributed by atoms with van der Waals surface area (Å²) in [5.41, 5.74) is 1.23. The quantitative estimate of drug-likeness (QED) is 0.785. The minimum atomic E-state index is -0.911. The lowest BCUT2D eigenvalue weighted by Crippen LogP contribution is -1.98. The molecule has 3 nitrogen and oxygen atoms in total. The van der Waals surface area contributed by atoms with Crippen LogP contribution in [0.25, 0.3) is 10.9 Å². The molecule has 0 fully saturated rings. The Labute approximate surface area is 120 Å². The van der Waals surface area contributed by atoms with Crippen LogP contribution in [0.15, 0.2) is 70.6 Å². The van der Waals surface area contributed by atoms with Crippen molar-refractivity contribution in [1.82, 2.24) is 4.98 Å². The van der Waals surface area contributed by atoms with Crippen molar-refractivity contribution in [3.05, 3.63) is 66.4 Å². The second-order valence-corrected chi connectivity index (χ2v) is 5.31. The summed E-state index contributed by atoms with van der Waals surface area (Å²) in [6.45, 7) is 0. The number of pyridine rings is 1. The predicted molar refractivity (Wildman–Crippen MR) is 79.3 cm³/mol. The molecule has 1 aromatic heterocycles. The zero-order valence-corrected chi connectivity index (χ0v) is 11.3. The maximum atomic E-state index is 11.2. The predicted octanol–water partition coefficient (Wildman–Crippen LogP) is 4.08. The van der Waals surface area contributed by atoms with E-state index in [0.717, 1.165) is 20.7 Å². The molecule has 20 heavy (non-hydrogen) atoms. The fraction of sp³-hybridized carbons (Fsp3) is 0. The zero-order valence-electron chi connectivity index (χ0n) is 10.5. The SMILES string of the molecule is O=C(O)c1ccccc1Sc1ccnc2ccccc12. The minimum Gasteiger partial charge on any atom is -0.478 e.